The van der Waals surface area contributed by atoms with Gasteiger partial charge in [0.25, 0.3) is 0 Å². The quantitative estimate of drug-likeness (QED) is 0.326. The van der Waals surface area contributed by atoms with Gasteiger partial charge in [0.15, 0.2) is 0 Å². The van der Waals surface area contributed by atoms with E-state index in [1.807, 2.05) is 0 Å². The summed E-state index contributed by atoms with van der Waals surface area (Å²) in [6.07, 6.45) is 15.9. The van der Waals surface area contributed by atoms with Gasteiger partial charge in [-0.25, -0.2) is 0 Å². The molecule has 0 aromatic carbocycles. The van der Waals surface area contributed by atoms with E-state index in [1.54, 1.807) is 0 Å². The third-order valence-corrected chi connectivity index (χ3v) is 12.0. The second-order valence-electron chi connectivity index (χ2n) is 14.9. The molecule has 14 atom stereocenters. The molecule has 2 aliphatic heterocycles. The highest BCUT2D eigenvalue weighted by atomic mass is 16.5. The summed E-state index contributed by atoms with van der Waals surface area (Å²) in [5.74, 6) is 8.41. The first kappa shape index (κ1) is 25.9. The minimum absolute atomic E-state index is 0.387. The van der Waals surface area contributed by atoms with Crippen LogP contribution in [-0.4, -0.2) is 37.6 Å². The number of fused-ring (bicyclic) bond motifs is 9. The van der Waals surface area contributed by atoms with E-state index in [2.05, 4.69) is 53.7 Å². The molecule has 0 N–H and O–H groups in total. The van der Waals surface area contributed by atoms with Crippen molar-refractivity contribution in [2.24, 2.45) is 71.0 Å². The Labute approximate surface area is 221 Å². The average Bonchev–Trinajstić information content (AvgIpc) is 3.60. The maximum Gasteiger partial charge on any atom is 0.0671 e. The lowest BCUT2D eigenvalue weighted by molar-refractivity contribution is -0.0913. The van der Waals surface area contributed by atoms with Crippen LogP contribution in [0, 0.1) is 71.0 Å². The van der Waals surface area contributed by atoms with E-state index in [4.69, 9.17) is 14.2 Å². The third-order valence-electron chi connectivity index (χ3n) is 12.0. The Morgan fingerprint density at radius 3 is 1.53 bits per heavy atom. The van der Waals surface area contributed by atoms with Crippen LogP contribution >= 0.6 is 0 Å². The van der Waals surface area contributed by atoms with Crippen molar-refractivity contribution in [1.82, 2.24) is 0 Å². The Hall–Kier alpha value is -0.380. The molecule has 4 aliphatic carbocycles. The van der Waals surface area contributed by atoms with Crippen molar-refractivity contribution < 1.29 is 14.2 Å². The van der Waals surface area contributed by atoms with E-state index < -0.39 is 0 Å². The summed E-state index contributed by atoms with van der Waals surface area (Å²) < 4.78 is 20.8. The number of rotatable bonds is 8. The topological polar surface area (TPSA) is 27.7 Å². The molecule has 3 saturated carbocycles. The Kier molecular flexibility index (Phi) is 7.41. The lowest BCUT2D eigenvalue weighted by atomic mass is 9.65. The second kappa shape index (κ2) is 10.3. The molecule has 6 rings (SSSR count). The van der Waals surface area contributed by atoms with Gasteiger partial charge in [-0.2, -0.15) is 0 Å². The molecule has 0 radical (unpaired) electrons. The van der Waals surface area contributed by atoms with Crippen LogP contribution in [-0.2, 0) is 14.2 Å². The molecule has 0 aromatic rings. The molecule has 6 aliphatic rings. The number of allylic oxidation sites excluding steroid dienone is 2. The molecule has 5 fully saturated rings. The Bertz CT molecular complexity index is 728. The normalized spacial score (nSPS) is 51.6. The van der Waals surface area contributed by atoms with Crippen molar-refractivity contribution in [1.29, 1.82) is 0 Å². The molecule has 3 nitrogen and oxygen atoms in total. The average molecular weight is 499 g/mol. The van der Waals surface area contributed by atoms with E-state index in [0.717, 1.165) is 48.7 Å². The molecule has 0 aromatic heterocycles. The SMILES string of the molecule is CC1CCC(C(C)C)C(OCC2C(COC3CC(C)CCC3C(C)C)C3OC2C2C4C=CC(C4)C32)C1. The molecule has 36 heavy (non-hydrogen) atoms. The highest BCUT2D eigenvalue weighted by Crippen LogP contribution is 2.63. The van der Waals surface area contributed by atoms with E-state index in [-0.39, 0.29) is 0 Å². The summed E-state index contributed by atoms with van der Waals surface area (Å²) >= 11 is 0. The highest BCUT2D eigenvalue weighted by Gasteiger charge is 2.66. The Morgan fingerprint density at radius 2 is 1.11 bits per heavy atom. The summed E-state index contributed by atoms with van der Waals surface area (Å²) in [5.41, 5.74) is 0. The zero-order chi connectivity index (χ0) is 25.1. The predicted molar refractivity (Wildman–Crippen MR) is 146 cm³/mol. The summed E-state index contributed by atoms with van der Waals surface area (Å²) in [5, 5.41) is 0. The Morgan fingerprint density at radius 1 is 0.667 bits per heavy atom. The van der Waals surface area contributed by atoms with Crippen molar-refractivity contribution in [3.8, 4) is 0 Å². The standard InChI is InChI=1S/C33H54O3/c1-18(2)24-11-7-20(5)13-28(24)34-16-26-27(17-35-29-14-21(6)8-12-25(29)19(3)4)33-31-23-10-9-22(15-23)30(31)32(26)36-33/h9-10,18-33H,7-8,11-17H2,1-6H3. The second-order valence-corrected chi connectivity index (χ2v) is 14.9. The largest absolute Gasteiger partial charge is 0.378 e. The predicted octanol–water partition coefficient (Wildman–Crippen LogP) is 7.39. The van der Waals surface area contributed by atoms with Crippen LogP contribution in [0.3, 0.4) is 0 Å². The fourth-order valence-corrected chi connectivity index (χ4v) is 9.97. The number of hydrogen-bond donors (Lipinski definition) is 0. The summed E-state index contributed by atoms with van der Waals surface area (Å²) in [6, 6.07) is 0. The monoisotopic (exact) mass is 498 g/mol. The summed E-state index contributed by atoms with van der Waals surface area (Å²) in [6.45, 7) is 16.2. The molecular weight excluding hydrogens is 444 g/mol. The van der Waals surface area contributed by atoms with E-state index in [0.29, 0.717) is 59.9 Å². The highest BCUT2D eigenvalue weighted by molar-refractivity contribution is 5.22. The van der Waals surface area contributed by atoms with Crippen LogP contribution in [0.2, 0.25) is 0 Å². The molecule has 204 valence electrons. The van der Waals surface area contributed by atoms with Gasteiger partial charge in [0.1, 0.15) is 0 Å². The third kappa shape index (κ3) is 4.56. The van der Waals surface area contributed by atoms with Gasteiger partial charge in [-0.3, -0.25) is 0 Å². The van der Waals surface area contributed by atoms with Gasteiger partial charge in [-0.15, -0.1) is 0 Å². The van der Waals surface area contributed by atoms with Crippen LogP contribution in [0.4, 0.5) is 0 Å². The van der Waals surface area contributed by atoms with Crippen molar-refractivity contribution in [3.05, 3.63) is 12.2 Å². The van der Waals surface area contributed by atoms with Crippen molar-refractivity contribution in [3.63, 3.8) is 0 Å². The fourth-order valence-electron chi connectivity index (χ4n) is 9.97. The van der Waals surface area contributed by atoms with E-state index >= 15 is 0 Å². The fraction of sp³-hybridized carbons (Fsp3) is 0.939. The van der Waals surface area contributed by atoms with Gasteiger partial charge in [-0.05, 0) is 91.3 Å². The van der Waals surface area contributed by atoms with Gasteiger partial charge in [0, 0.05) is 11.8 Å². The lowest BCUT2D eigenvalue weighted by Crippen LogP contribution is -2.47. The molecule has 2 heterocycles. The summed E-state index contributed by atoms with van der Waals surface area (Å²) in [7, 11) is 0. The van der Waals surface area contributed by atoms with Gasteiger partial charge in [0.05, 0.1) is 37.6 Å². The molecular formula is C33H54O3. The van der Waals surface area contributed by atoms with Crippen LogP contribution in [0.15, 0.2) is 12.2 Å². The number of hydrogen-bond acceptors (Lipinski definition) is 3. The van der Waals surface area contributed by atoms with Gasteiger partial charge in [-0.1, -0.05) is 66.5 Å². The van der Waals surface area contributed by atoms with Crippen molar-refractivity contribution >= 4 is 0 Å². The zero-order valence-corrected chi connectivity index (χ0v) is 24.0. The lowest BCUT2D eigenvalue weighted by Gasteiger charge is -2.42. The van der Waals surface area contributed by atoms with Crippen LogP contribution in [0.25, 0.3) is 0 Å². The number of ether oxygens (including phenoxy) is 3. The molecule has 0 spiro atoms. The van der Waals surface area contributed by atoms with Gasteiger partial charge >= 0.3 is 0 Å². The van der Waals surface area contributed by atoms with Gasteiger partial charge < -0.3 is 14.2 Å². The maximum absolute atomic E-state index is 6.94. The van der Waals surface area contributed by atoms with Crippen molar-refractivity contribution in [2.45, 2.75) is 111 Å². The van der Waals surface area contributed by atoms with Crippen LogP contribution in [0.5, 0.6) is 0 Å². The molecule has 14 unspecified atom stereocenters. The maximum atomic E-state index is 6.94. The smallest absolute Gasteiger partial charge is 0.0671 e. The first-order chi connectivity index (χ1) is 17.3. The van der Waals surface area contributed by atoms with Crippen LogP contribution in [0.1, 0.15) is 86.5 Å². The first-order valence-corrected chi connectivity index (χ1v) is 15.9. The van der Waals surface area contributed by atoms with Crippen molar-refractivity contribution in [2.75, 3.05) is 13.2 Å². The van der Waals surface area contributed by atoms with Crippen LogP contribution < -0.4 is 0 Å². The molecule has 3 heteroatoms. The molecule has 2 saturated heterocycles. The minimum atomic E-state index is 0.387. The van der Waals surface area contributed by atoms with E-state index in [9.17, 15) is 0 Å². The first-order valence-electron chi connectivity index (χ1n) is 15.9. The molecule has 0 amide bonds. The Balaban J connectivity index is 1.17. The zero-order valence-electron chi connectivity index (χ0n) is 24.0. The van der Waals surface area contributed by atoms with E-state index in [1.165, 1.54) is 44.9 Å². The molecule has 4 bridgehead atoms. The van der Waals surface area contributed by atoms with Gasteiger partial charge in [0.2, 0.25) is 0 Å². The minimum Gasteiger partial charge on any atom is -0.378 e. The summed E-state index contributed by atoms with van der Waals surface area (Å²) in [4.78, 5) is 0.